The Morgan fingerprint density at radius 2 is 1.75 bits per heavy atom. The van der Waals surface area contributed by atoms with E-state index in [4.69, 9.17) is 0 Å². The molecular weight excluding hydrogens is 256 g/mol. The summed E-state index contributed by atoms with van der Waals surface area (Å²) in [5.41, 5.74) is -0.688. The van der Waals surface area contributed by atoms with E-state index < -0.39 is 11.4 Å². The Morgan fingerprint density at radius 1 is 1.15 bits per heavy atom. The van der Waals surface area contributed by atoms with Crippen molar-refractivity contribution in [3.8, 4) is 0 Å². The molecule has 116 valence electrons. The molecule has 0 spiro atoms. The second-order valence-electron chi connectivity index (χ2n) is 6.92. The number of hydrogen-bond acceptors (Lipinski definition) is 4. The van der Waals surface area contributed by atoms with E-state index in [1.165, 1.54) is 6.42 Å². The van der Waals surface area contributed by atoms with Gasteiger partial charge in [-0.1, -0.05) is 12.8 Å². The van der Waals surface area contributed by atoms with Crippen molar-refractivity contribution in [2.24, 2.45) is 5.41 Å². The van der Waals surface area contributed by atoms with E-state index in [1.54, 1.807) is 13.8 Å². The molecule has 5 heteroatoms. The van der Waals surface area contributed by atoms with Crippen molar-refractivity contribution < 1.29 is 15.0 Å². The molecule has 0 aromatic carbocycles. The summed E-state index contributed by atoms with van der Waals surface area (Å²) < 4.78 is 0. The number of aliphatic hydroxyl groups is 1. The molecule has 0 aromatic rings. The lowest BCUT2D eigenvalue weighted by atomic mass is 9.90. The van der Waals surface area contributed by atoms with Gasteiger partial charge in [0, 0.05) is 38.8 Å². The van der Waals surface area contributed by atoms with Crippen LogP contribution in [0.2, 0.25) is 0 Å². The lowest BCUT2D eigenvalue weighted by Crippen LogP contribution is -2.56. The summed E-state index contributed by atoms with van der Waals surface area (Å²) in [6.07, 6.45) is 4.21. The van der Waals surface area contributed by atoms with Gasteiger partial charge in [-0.05, 0) is 26.7 Å². The first kappa shape index (κ1) is 15.7. The Labute approximate surface area is 121 Å². The molecule has 2 atom stereocenters. The van der Waals surface area contributed by atoms with Gasteiger partial charge < -0.3 is 10.2 Å². The van der Waals surface area contributed by atoms with Gasteiger partial charge in [-0.25, -0.2) is 0 Å². The largest absolute Gasteiger partial charge is 0.481 e. The standard InChI is InChI=1S/C15H28N2O3/c1-15(2,14(19)20)11-16-7-9-17(10-8-16)12-5-3-4-6-13(12)18/h12-13,18H,3-11H2,1-2H3,(H,19,20). The minimum atomic E-state index is -0.734. The molecule has 2 rings (SSSR count). The van der Waals surface area contributed by atoms with Crippen molar-refractivity contribution in [3.05, 3.63) is 0 Å². The fourth-order valence-electron chi connectivity index (χ4n) is 3.40. The molecule has 0 bridgehead atoms. The van der Waals surface area contributed by atoms with Crippen molar-refractivity contribution in [2.45, 2.75) is 51.7 Å². The summed E-state index contributed by atoms with van der Waals surface area (Å²) in [5, 5.41) is 19.3. The first-order valence-corrected chi connectivity index (χ1v) is 7.78. The SMILES string of the molecule is CC(C)(CN1CCN(C2CCCCC2O)CC1)C(=O)O. The quantitative estimate of drug-likeness (QED) is 0.807. The molecule has 2 fully saturated rings. The average molecular weight is 284 g/mol. The fraction of sp³-hybridized carbons (Fsp3) is 0.933. The van der Waals surface area contributed by atoms with E-state index in [9.17, 15) is 15.0 Å². The molecule has 2 aliphatic rings. The number of carbonyl (C=O) groups is 1. The van der Waals surface area contributed by atoms with Crippen molar-refractivity contribution in [3.63, 3.8) is 0 Å². The molecular formula is C15H28N2O3. The third kappa shape index (κ3) is 3.71. The zero-order valence-electron chi connectivity index (χ0n) is 12.7. The van der Waals surface area contributed by atoms with Gasteiger partial charge in [0.15, 0.2) is 0 Å². The van der Waals surface area contributed by atoms with Gasteiger partial charge in [-0.2, -0.15) is 0 Å². The highest BCUT2D eigenvalue weighted by Crippen LogP contribution is 2.25. The first-order valence-electron chi connectivity index (χ1n) is 7.78. The number of aliphatic hydroxyl groups excluding tert-OH is 1. The normalized spacial score (nSPS) is 30.4. The summed E-state index contributed by atoms with van der Waals surface area (Å²) >= 11 is 0. The Morgan fingerprint density at radius 3 is 2.30 bits per heavy atom. The minimum Gasteiger partial charge on any atom is -0.481 e. The van der Waals surface area contributed by atoms with Crippen LogP contribution in [0.15, 0.2) is 0 Å². The average Bonchev–Trinajstić information content (AvgIpc) is 2.40. The predicted octanol–water partition coefficient (Wildman–Crippen LogP) is 1.02. The van der Waals surface area contributed by atoms with Crippen LogP contribution in [0, 0.1) is 5.41 Å². The van der Waals surface area contributed by atoms with Gasteiger partial charge in [0.25, 0.3) is 0 Å². The van der Waals surface area contributed by atoms with Gasteiger partial charge in [-0.3, -0.25) is 14.6 Å². The van der Waals surface area contributed by atoms with Crippen LogP contribution in [0.5, 0.6) is 0 Å². The Kier molecular flexibility index (Phi) is 5.04. The number of aliphatic carboxylic acids is 1. The summed E-state index contributed by atoms with van der Waals surface area (Å²) in [4.78, 5) is 15.8. The molecule has 20 heavy (non-hydrogen) atoms. The van der Waals surface area contributed by atoms with Gasteiger partial charge in [0.05, 0.1) is 11.5 Å². The third-order valence-electron chi connectivity index (χ3n) is 4.77. The predicted molar refractivity (Wildman–Crippen MR) is 77.7 cm³/mol. The molecule has 0 amide bonds. The van der Waals surface area contributed by atoms with Gasteiger partial charge in [-0.15, -0.1) is 0 Å². The van der Waals surface area contributed by atoms with Crippen molar-refractivity contribution in [1.29, 1.82) is 0 Å². The van der Waals surface area contributed by atoms with E-state index in [0.717, 1.165) is 45.4 Å². The van der Waals surface area contributed by atoms with E-state index in [0.29, 0.717) is 12.6 Å². The lowest BCUT2D eigenvalue weighted by molar-refractivity contribution is -0.148. The molecule has 2 unspecified atom stereocenters. The molecule has 1 heterocycles. The summed E-state index contributed by atoms with van der Waals surface area (Å²) in [5.74, 6) is -0.734. The molecule has 1 aliphatic heterocycles. The van der Waals surface area contributed by atoms with E-state index in [1.807, 2.05) is 0 Å². The van der Waals surface area contributed by atoms with E-state index in [-0.39, 0.29) is 6.10 Å². The highest BCUT2D eigenvalue weighted by atomic mass is 16.4. The molecule has 0 aromatic heterocycles. The second kappa shape index (κ2) is 6.41. The monoisotopic (exact) mass is 284 g/mol. The highest BCUT2D eigenvalue weighted by Gasteiger charge is 2.34. The third-order valence-corrected chi connectivity index (χ3v) is 4.77. The van der Waals surface area contributed by atoms with Crippen molar-refractivity contribution in [1.82, 2.24) is 9.80 Å². The fourth-order valence-corrected chi connectivity index (χ4v) is 3.40. The van der Waals surface area contributed by atoms with Crippen LogP contribution in [0.1, 0.15) is 39.5 Å². The molecule has 2 N–H and O–H groups in total. The number of carboxylic acids is 1. The maximum atomic E-state index is 11.2. The van der Waals surface area contributed by atoms with Crippen LogP contribution >= 0.6 is 0 Å². The molecule has 1 saturated heterocycles. The summed E-state index contributed by atoms with van der Waals surface area (Å²) in [7, 11) is 0. The number of nitrogens with zero attached hydrogens (tertiary/aromatic N) is 2. The van der Waals surface area contributed by atoms with E-state index in [2.05, 4.69) is 9.80 Å². The van der Waals surface area contributed by atoms with Gasteiger partial charge in [0.2, 0.25) is 0 Å². The van der Waals surface area contributed by atoms with Crippen LogP contribution in [-0.4, -0.2) is 70.9 Å². The molecule has 0 radical (unpaired) electrons. The van der Waals surface area contributed by atoms with Crippen molar-refractivity contribution >= 4 is 5.97 Å². The van der Waals surface area contributed by atoms with Crippen LogP contribution in [0.25, 0.3) is 0 Å². The topological polar surface area (TPSA) is 64.0 Å². The summed E-state index contributed by atoms with van der Waals surface area (Å²) in [6.45, 7) is 7.86. The number of piperazine rings is 1. The Balaban J connectivity index is 1.81. The van der Waals surface area contributed by atoms with Crippen LogP contribution < -0.4 is 0 Å². The number of rotatable bonds is 4. The highest BCUT2D eigenvalue weighted by molar-refractivity contribution is 5.73. The van der Waals surface area contributed by atoms with Crippen LogP contribution in [-0.2, 0) is 4.79 Å². The number of carboxylic acid groups (broad SMARTS) is 1. The molecule has 5 nitrogen and oxygen atoms in total. The van der Waals surface area contributed by atoms with Crippen molar-refractivity contribution in [2.75, 3.05) is 32.7 Å². The zero-order valence-corrected chi connectivity index (χ0v) is 12.7. The Bertz CT molecular complexity index is 338. The molecule has 1 aliphatic carbocycles. The lowest BCUT2D eigenvalue weighted by Gasteiger charge is -2.43. The molecule has 1 saturated carbocycles. The minimum absolute atomic E-state index is 0.175. The van der Waals surface area contributed by atoms with Crippen LogP contribution in [0.3, 0.4) is 0 Å². The second-order valence-corrected chi connectivity index (χ2v) is 6.92. The summed E-state index contributed by atoms with van der Waals surface area (Å²) in [6, 6.07) is 0.318. The maximum absolute atomic E-state index is 11.2. The maximum Gasteiger partial charge on any atom is 0.310 e. The van der Waals surface area contributed by atoms with Gasteiger partial charge >= 0.3 is 5.97 Å². The van der Waals surface area contributed by atoms with E-state index >= 15 is 0 Å². The van der Waals surface area contributed by atoms with Crippen LogP contribution in [0.4, 0.5) is 0 Å². The first-order chi connectivity index (χ1) is 9.40. The zero-order chi connectivity index (χ0) is 14.8. The number of hydrogen-bond donors (Lipinski definition) is 2. The van der Waals surface area contributed by atoms with Gasteiger partial charge in [0.1, 0.15) is 0 Å². The Hall–Kier alpha value is -0.650. The smallest absolute Gasteiger partial charge is 0.310 e.